The van der Waals surface area contributed by atoms with E-state index < -0.39 is 0 Å². The van der Waals surface area contributed by atoms with Gasteiger partial charge in [-0.15, -0.1) is 5.10 Å². The van der Waals surface area contributed by atoms with Crippen LogP contribution in [-0.4, -0.2) is 30.0 Å². The van der Waals surface area contributed by atoms with Crippen LogP contribution < -0.4 is 5.32 Å². The lowest BCUT2D eigenvalue weighted by molar-refractivity contribution is 0.131. The summed E-state index contributed by atoms with van der Waals surface area (Å²) in [5, 5.41) is 14.1. The normalized spacial score (nSPS) is 10.9. The summed E-state index contributed by atoms with van der Waals surface area (Å²) < 4.78 is 5.54. The number of benzene rings is 1. The zero-order valence-electron chi connectivity index (χ0n) is 12.4. The monoisotopic (exact) mass is 273 g/mol. The molecule has 2 aromatic rings. The quantitative estimate of drug-likeness (QED) is 0.747. The molecule has 1 aromatic carbocycles. The first-order valence-electron chi connectivity index (χ1n) is 7.36. The molecule has 0 unspecified atom stereocenters. The van der Waals surface area contributed by atoms with Gasteiger partial charge in [0.05, 0.1) is 5.69 Å². The fourth-order valence-corrected chi connectivity index (χ4v) is 2.10. The Bertz CT molecular complexity index is 542. The van der Waals surface area contributed by atoms with Crippen LogP contribution in [0.2, 0.25) is 0 Å². The number of hydrogen-bond acceptors (Lipinski definition) is 4. The number of hydrogen-bond donors (Lipinski definition) is 1. The van der Waals surface area contributed by atoms with Crippen molar-refractivity contribution < 1.29 is 4.74 Å². The van der Waals surface area contributed by atoms with Crippen LogP contribution in [0.25, 0.3) is 10.8 Å². The Morgan fingerprint density at radius 1 is 1.05 bits per heavy atom. The summed E-state index contributed by atoms with van der Waals surface area (Å²) in [7, 11) is 0. The molecule has 4 heteroatoms. The van der Waals surface area contributed by atoms with Gasteiger partial charge in [-0.2, -0.15) is 5.10 Å². The molecule has 0 aliphatic rings. The molecule has 0 radical (unpaired) electrons. The molecule has 0 aliphatic heterocycles. The number of anilines is 1. The zero-order chi connectivity index (χ0) is 14.2. The predicted molar refractivity (Wildman–Crippen MR) is 83.1 cm³/mol. The minimum atomic E-state index is 0.796. The molecule has 1 heterocycles. The Morgan fingerprint density at radius 3 is 2.60 bits per heavy atom. The molecular weight excluding hydrogens is 250 g/mol. The highest BCUT2D eigenvalue weighted by atomic mass is 16.5. The molecule has 0 spiro atoms. The SMILES string of the molecule is CCCCOCCCNc1nnc(C)c2ccccc12. The van der Waals surface area contributed by atoms with Crippen molar-refractivity contribution in [3.05, 3.63) is 30.0 Å². The maximum absolute atomic E-state index is 5.54. The maximum atomic E-state index is 5.54. The van der Waals surface area contributed by atoms with Gasteiger partial charge in [-0.05, 0) is 19.8 Å². The van der Waals surface area contributed by atoms with Crippen LogP contribution >= 0.6 is 0 Å². The van der Waals surface area contributed by atoms with Crippen molar-refractivity contribution in [2.45, 2.75) is 33.1 Å². The van der Waals surface area contributed by atoms with Crippen molar-refractivity contribution in [1.29, 1.82) is 0 Å². The Morgan fingerprint density at radius 2 is 1.80 bits per heavy atom. The number of rotatable bonds is 8. The van der Waals surface area contributed by atoms with Crippen molar-refractivity contribution >= 4 is 16.6 Å². The molecule has 1 aromatic heterocycles. The van der Waals surface area contributed by atoms with Gasteiger partial charge in [0.1, 0.15) is 0 Å². The predicted octanol–water partition coefficient (Wildman–Crippen LogP) is 3.56. The van der Waals surface area contributed by atoms with Crippen molar-refractivity contribution in [2.24, 2.45) is 0 Å². The second kappa shape index (κ2) is 7.80. The van der Waals surface area contributed by atoms with Gasteiger partial charge in [-0.25, -0.2) is 0 Å². The molecule has 2 rings (SSSR count). The summed E-state index contributed by atoms with van der Waals surface area (Å²) in [6, 6.07) is 8.22. The molecule has 0 saturated carbocycles. The largest absolute Gasteiger partial charge is 0.381 e. The van der Waals surface area contributed by atoms with E-state index in [1.54, 1.807) is 0 Å². The van der Waals surface area contributed by atoms with E-state index in [2.05, 4.69) is 34.6 Å². The van der Waals surface area contributed by atoms with E-state index in [0.717, 1.165) is 54.9 Å². The van der Waals surface area contributed by atoms with Crippen LogP contribution in [0.1, 0.15) is 31.9 Å². The van der Waals surface area contributed by atoms with E-state index >= 15 is 0 Å². The molecule has 0 aliphatic carbocycles. The number of unbranched alkanes of at least 4 members (excludes halogenated alkanes) is 1. The minimum absolute atomic E-state index is 0.796. The van der Waals surface area contributed by atoms with Gasteiger partial charge < -0.3 is 10.1 Å². The van der Waals surface area contributed by atoms with E-state index in [1.807, 2.05) is 19.1 Å². The Labute approximate surface area is 120 Å². The van der Waals surface area contributed by atoms with E-state index in [4.69, 9.17) is 4.74 Å². The Hall–Kier alpha value is -1.68. The second-order valence-corrected chi connectivity index (χ2v) is 4.93. The van der Waals surface area contributed by atoms with E-state index in [1.165, 1.54) is 6.42 Å². The van der Waals surface area contributed by atoms with Crippen LogP contribution in [0.3, 0.4) is 0 Å². The summed E-state index contributed by atoms with van der Waals surface area (Å²) in [4.78, 5) is 0. The van der Waals surface area contributed by atoms with E-state index in [9.17, 15) is 0 Å². The lowest BCUT2D eigenvalue weighted by Crippen LogP contribution is -2.08. The number of nitrogens with zero attached hydrogens (tertiary/aromatic N) is 2. The van der Waals surface area contributed by atoms with Gasteiger partial charge in [-0.3, -0.25) is 0 Å². The fourth-order valence-electron chi connectivity index (χ4n) is 2.10. The maximum Gasteiger partial charge on any atom is 0.156 e. The third-order valence-electron chi connectivity index (χ3n) is 3.27. The van der Waals surface area contributed by atoms with Gasteiger partial charge in [0, 0.05) is 30.5 Å². The number of aryl methyl sites for hydroxylation is 1. The van der Waals surface area contributed by atoms with E-state index in [-0.39, 0.29) is 0 Å². The number of ether oxygens (including phenoxy) is 1. The lowest BCUT2D eigenvalue weighted by Gasteiger charge is -2.09. The average Bonchev–Trinajstić information content (AvgIpc) is 2.49. The highest BCUT2D eigenvalue weighted by Gasteiger charge is 2.05. The third-order valence-corrected chi connectivity index (χ3v) is 3.27. The molecule has 20 heavy (non-hydrogen) atoms. The molecule has 0 bridgehead atoms. The number of aromatic nitrogens is 2. The van der Waals surface area contributed by atoms with Crippen molar-refractivity contribution in [3.63, 3.8) is 0 Å². The van der Waals surface area contributed by atoms with Crippen molar-refractivity contribution in [2.75, 3.05) is 25.1 Å². The standard InChI is InChI=1S/C16H23N3O/c1-3-4-11-20-12-7-10-17-16-15-9-6-5-8-14(15)13(2)18-19-16/h5-6,8-9H,3-4,7,10-12H2,1-2H3,(H,17,19). The summed E-state index contributed by atoms with van der Waals surface area (Å²) in [6.07, 6.45) is 3.30. The Balaban J connectivity index is 1.86. The number of nitrogens with one attached hydrogen (secondary N) is 1. The average molecular weight is 273 g/mol. The molecule has 1 N–H and O–H groups in total. The summed E-state index contributed by atoms with van der Waals surface area (Å²) in [5.41, 5.74) is 0.967. The van der Waals surface area contributed by atoms with Crippen LogP contribution in [0, 0.1) is 6.92 Å². The first-order valence-corrected chi connectivity index (χ1v) is 7.36. The summed E-state index contributed by atoms with van der Waals surface area (Å²) >= 11 is 0. The lowest BCUT2D eigenvalue weighted by atomic mass is 10.1. The second-order valence-electron chi connectivity index (χ2n) is 4.93. The molecule has 0 saturated heterocycles. The van der Waals surface area contributed by atoms with Gasteiger partial charge in [0.15, 0.2) is 5.82 Å². The fraction of sp³-hybridized carbons (Fsp3) is 0.500. The van der Waals surface area contributed by atoms with Gasteiger partial charge in [-0.1, -0.05) is 37.6 Å². The van der Waals surface area contributed by atoms with Gasteiger partial charge in [0.25, 0.3) is 0 Å². The van der Waals surface area contributed by atoms with E-state index in [0.29, 0.717) is 0 Å². The number of fused-ring (bicyclic) bond motifs is 1. The van der Waals surface area contributed by atoms with Crippen LogP contribution in [0.5, 0.6) is 0 Å². The highest BCUT2D eigenvalue weighted by Crippen LogP contribution is 2.21. The zero-order valence-corrected chi connectivity index (χ0v) is 12.4. The molecule has 0 atom stereocenters. The molecule has 108 valence electrons. The van der Waals surface area contributed by atoms with Crippen LogP contribution in [0.15, 0.2) is 24.3 Å². The van der Waals surface area contributed by atoms with Crippen LogP contribution in [-0.2, 0) is 4.74 Å². The third kappa shape index (κ3) is 3.90. The smallest absolute Gasteiger partial charge is 0.156 e. The molecule has 0 amide bonds. The van der Waals surface area contributed by atoms with Gasteiger partial charge >= 0.3 is 0 Å². The topological polar surface area (TPSA) is 47.0 Å². The summed E-state index contributed by atoms with van der Waals surface area (Å²) in [6.45, 7) is 6.68. The molecular formula is C16H23N3O. The first-order chi connectivity index (χ1) is 9.83. The van der Waals surface area contributed by atoms with Gasteiger partial charge in [0.2, 0.25) is 0 Å². The first kappa shape index (κ1) is 14.7. The van der Waals surface area contributed by atoms with Crippen molar-refractivity contribution in [3.8, 4) is 0 Å². The molecule has 0 fully saturated rings. The minimum Gasteiger partial charge on any atom is -0.381 e. The highest BCUT2D eigenvalue weighted by molar-refractivity contribution is 5.92. The van der Waals surface area contributed by atoms with Crippen molar-refractivity contribution in [1.82, 2.24) is 10.2 Å². The molecule has 4 nitrogen and oxygen atoms in total. The summed E-state index contributed by atoms with van der Waals surface area (Å²) in [5.74, 6) is 0.861. The van der Waals surface area contributed by atoms with Crippen LogP contribution in [0.4, 0.5) is 5.82 Å². The Kier molecular flexibility index (Phi) is 5.74.